The maximum atomic E-state index is 13.4. The predicted octanol–water partition coefficient (Wildman–Crippen LogP) is 3.08. The van der Waals surface area contributed by atoms with E-state index in [-0.39, 0.29) is 0 Å². The Kier molecular flexibility index (Phi) is 3.84. The molecule has 0 aromatic carbocycles. The van der Waals surface area contributed by atoms with Gasteiger partial charge in [0, 0.05) is 6.20 Å². The quantitative estimate of drug-likeness (QED) is 0.862. The van der Waals surface area contributed by atoms with Crippen LogP contribution in [0.5, 0.6) is 0 Å². The van der Waals surface area contributed by atoms with E-state index in [2.05, 4.69) is 31.2 Å². The van der Waals surface area contributed by atoms with Crippen LogP contribution in [-0.4, -0.2) is 15.9 Å². The molecule has 0 atom stereocenters. The molecular formula is C12H8BrF2N3O. The van der Waals surface area contributed by atoms with E-state index in [4.69, 9.17) is 0 Å². The number of rotatable bonds is 2. The molecule has 0 fully saturated rings. The van der Waals surface area contributed by atoms with Crippen molar-refractivity contribution in [1.29, 1.82) is 0 Å². The zero-order valence-corrected chi connectivity index (χ0v) is 11.3. The second kappa shape index (κ2) is 5.40. The highest BCUT2D eigenvalue weighted by Gasteiger charge is 2.16. The molecule has 0 aliphatic carbocycles. The summed E-state index contributed by atoms with van der Waals surface area (Å²) in [5.74, 6) is -3.34. The van der Waals surface area contributed by atoms with E-state index >= 15 is 0 Å². The third-order valence-corrected chi connectivity index (χ3v) is 2.83. The van der Waals surface area contributed by atoms with Gasteiger partial charge in [-0.2, -0.15) is 4.39 Å². The minimum atomic E-state index is -1.31. The molecule has 2 aromatic heterocycles. The summed E-state index contributed by atoms with van der Waals surface area (Å²) < 4.78 is 26.9. The van der Waals surface area contributed by atoms with E-state index in [1.54, 1.807) is 19.1 Å². The number of aromatic nitrogens is 2. The Hall–Kier alpha value is -1.89. The van der Waals surface area contributed by atoms with E-state index in [9.17, 15) is 13.6 Å². The van der Waals surface area contributed by atoms with E-state index in [1.165, 1.54) is 0 Å². The van der Waals surface area contributed by atoms with Crippen molar-refractivity contribution >= 4 is 27.5 Å². The predicted molar refractivity (Wildman–Crippen MR) is 68.8 cm³/mol. The molecule has 0 unspecified atom stereocenters. The van der Waals surface area contributed by atoms with Crippen LogP contribution in [0.3, 0.4) is 0 Å². The molecule has 19 heavy (non-hydrogen) atoms. The van der Waals surface area contributed by atoms with Crippen molar-refractivity contribution < 1.29 is 13.6 Å². The largest absolute Gasteiger partial charge is 0.320 e. The molecule has 0 saturated carbocycles. The van der Waals surface area contributed by atoms with Crippen molar-refractivity contribution in [2.24, 2.45) is 0 Å². The standard InChI is InChI=1S/C12H8BrF2N3O/c1-6-8(2-3-9(13)17-6)18-12(19)7-4-5-16-11(15)10(7)14/h2-5H,1H3,(H,18,19). The first-order chi connectivity index (χ1) is 8.99. The van der Waals surface area contributed by atoms with Crippen molar-refractivity contribution in [2.75, 3.05) is 5.32 Å². The van der Waals surface area contributed by atoms with Crippen molar-refractivity contribution in [1.82, 2.24) is 9.97 Å². The van der Waals surface area contributed by atoms with E-state index in [1.807, 2.05) is 0 Å². The summed E-state index contributed by atoms with van der Waals surface area (Å²) in [6, 6.07) is 4.35. The monoisotopic (exact) mass is 327 g/mol. The number of nitrogens with one attached hydrogen (secondary N) is 1. The molecule has 4 nitrogen and oxygen atoms in total. The highest BCUT2D eigenvalue weighted by molar-refractivity contribution is 9.10. The normalized spacial score (nSPS) is 10.3. The molecule has 2 rings (SSSR count). The number of aryl methyl sites for hydroxylation is 1. The van der Waals surface area contributed by atoms with Crippen molar-refractivity contribution in [3.63, 3.8) is 0 Å². The molecular weight excluding hydrogens is 320 g/mol. The van der Waals surface area contributed by atoms with E-state index in [0.29, 0.717) is 16.0 Å². The first kappa shape index (κ1) is 13.5. The third-order valence-electron chi connectivity index (χ3n) is 2.39. The number of carbonyl (C=O) groups is 1. The molecule has 0 aliphatic rings. The fraction of sp³-hybridized carbons (Fsp3) is 0.0833. The lowest BCUT2D eigenvalue weighted by Crippen LogP contribution is -2.16. The number of halogens is 3. The van der Waals surface area contributed by atoms with Crippen LogP contribution in [0.1, 0.15) is 16.1 Å². The summed E-state index contributed by atoms with van der Waals surface area (Å²) in [4.78, 5) is 19.0. The Morgan fingerprint density at radius 3 is 2.74 bits per heavy atom. The van der Waals surface area contributed by atoms with Crippen molar-refractivity contribution in [3.8, 4) is 0 Å². The molecule has 0 spiro atoms. The summed E-state index contributed by atoms with van der Waals surface area (Å²) in [6.07, 6.45) is 1.03. The molecule has 2 aromatic rings. The van der Waals surface area contributed by atoms with Crippen LogP contribution < -0.4 is 5.32 Å². The minimum Gasteiger partial charge on any atom is -0.320 e. The first-order valence-electron chi connectivity index (χ1n) is 5.23. The molecule has 1 amide bonds. The summed E-state index contributed by atoms with van der Waals surface area (Å²) >= 11 is 3.19. The SMILES string of the molecule is Cc1nc(Br)ccc1NC(=O)c1ccnc(F)c1F. The van der Waals surface area contributed by atoms with Gasteiger partial charge in [-0.1, -0.05) is 0 Å². The summed E-state index contributed by atoms with van der Waals surface area (Å²) in [5, 5.41) is 2.47. The Labute approximate surface area is 116 Å². The molecule has 0 radical (unpaired) electrons. The van der Waals surface area contributed by atoms with Gasteiger partial charge >= 0.3 is 0 Å². The van der Waals surface area contributed by atoms with Crippen LogP contribution in [-0.2, 0) is 0 Å². The summed E-state index contributed by atoms with van der Waals surface area (Å²) in [5.41, 5.74) is 0.567. The molecule has 7 heteroatoms. The number of hydrogen-bond acceptors (Lipinski definition) is 3. The number of pyridine rings is 2. The number of nitrogens with zero attached hydrogens (tertiary/aromatic N) is 2. The van der Waals surface area contributed by atoms with Crippen LogP contribution in [0, 0.1) is 18.7 Å². The second-order valence-electron chi connectivity index (χ2n) is 3.68. The van der Waals surface area contributed by atoms with Gasteiger partial charge in [-0.15, -0.1) is 0 Å². The maximum Gasteiger partial charge on any atom is 0.258 e. The van der Waals surface area contributed by atoms with Gasteiger partial charge in [0.25, 0.3) is 5.91 Å². The molecule has 2 heterocycles. The number of hydrogen-bond donors (Lipinski definition) is 1. The Morgan fingerprint density at radius 2 is 2.05 bits per heavy atom. The Balaban J connectivity index is 2.28. The molecule has 0 bridgehead atoms. The van der Waals surface area contributed by atoms with E-state index < -0.39 is 23.2 Å². The second-order valence-corrected chi connectivity index (χ2v) is 4.50. The van der Waals surface area contributed by atoms with Crippen LogP contribution in [0.15, 0.2) is 29.0 Å². The van der Waals surface area contributed by atoms with Crippen LogP contribution in [0.2, 0.25) is 0 Å². The van der Waals surface area contributed by atoms with Gasteiger partial charge in [0.2, 0.25) is 5.95 Å². The van der Waals surface area contributed by atoms with Gasteiger partial charge in [0.15, 0.2) is 5.82 Å². The average Bonchev–Trinajstić information content (AvgIpc) is 2.36. The van der Waals surface area contributed by atoms with E-state index in [0.717, 1.165) is 12.3 Å². The summed E-state index contributed by atoms with van der Waals surface area (Å²) in [7, 11) is 0. The van der Waals surface area contributed by atoms with Gasteiger partial charge in [-0.3, -0.25) is 4.79 Å². The zero-order chi connectivity index (χ0) is 14.0. The molecule has 1 N–H and O–H groups in total. The highest BCUT2D eigenvalue weighted by atomic mass is 79.9. The lowest BCUT2D eigenvalue weighted by Gasteiger charge is -2.08. The fourth-order valence-electron chi connectivity index (χ4n) is 1.45. The topological polar surface area (TPSA) is 54.9 Å². The number of anilines is 1. The smallest absolute Gasteiger partial charge is 0.258 e. The summed E-state index contributed by atoms with van der Waals surface area (Å²) in [6.45, 7) is 1.68. The number of amides is 1. The highest BCUT2D eigenvalue weighted by Crippen LogP contribution is 2.18. The Morgan fingerprint density at radius 1 is 1.32 bits per heavy atom. The third kappa shape index (κ3) is 2.93. The molecule has 98 valence electrons. The molecule has 0 saturated heterocycles. The van der Waals surface area contributed by atoms with Gasteiger partial charge in [0.05, 0.1) is 16.9 Å². The van der Waals surface area contributed by atoms with Crippen molar-refractivity contribution in [3.05, 3.63) is 52.0 Å². The van der Waals surface area contributed by atoms with Gasteiger partial charge in [-0.25, -0.2) is 14.4 Å². The van der Waals surface area contributed by atoms with Gasteiger partial charge < -0.3 is 5.32 Å². The number of carbonyl (C=O) groups excluding carboxylic acids is 1. The van der Waals surface area contributed by atoms with Gasteiger partial charge in [0.1, 0.15) is 4.60 Å². The van der Waals surface area contributed by atoms with Crippen LogP contribution in [0.4, 0.5) is 14.5 Å². The first-order valence-corrected chi connectivity index (χ1v) is 6.03. The fourth-order valence-corrected chi connectivity index (χ4v) is 1.84. The van der Waals surface area contributed by atoms with Gasteiger partial charge in [-0.05, 0) is 41.1 Å². The minimum absolute atomic E-state index is 0.408. The molecule has 0 aliphatic heterocycles. The lowest BCUT2D eigenvalue weighted by molar-refractivity contribution is 0.102. The Bertz CT molecular complexity index is 649. The maximum absolute atomic E-state index is 13.4. The lowest BCUT2D eigenvalue weighted by atomic mass is 10.2. The van der Waals surface area contributed by atoms with Crippen LogP contribution >= 0.6 is 15.9 Å². The average molecular weight is 328 g/mol. The van der Waals surface area contributed by atoms with Crippen LogP contribution in [0.25, 0.3) is 0 Å². The van der Waals surface area contributed by atoms with Crippen molar-refractivity contribution in [2.45, 2.75) is 6.92 Å². The zero-order valence-electron chi connectivity index (χ0n) is 9.75.